The van der Waals surface area contributed by atoms with Gasteiger partial charge in [0.1, 0.15) is 23.7 Å². The van der Waals surface area contributed by atoms with Gasteiger partial charge in [0.15, 0.2) is 17.7 Å². The maximum absolute atomic E-state index is 16.9. The number of halogens is 1. The van der Waals surface area contributed by atoms with Crippen LogP contribution in [0.1, 0.15) is 87.5 Å². The zero-order valence-corrected chi connectivity index (χ0v) is 36.9. The van der Waals surface area contributed by atoms with Crippen LogP contribution in [-0.2, 0) is 44.6 Å². The highest BCUT2D eigenvalue weighted by molar-refractivity contribution is 6.08. The quantitative estimate of drug-likeness (QED) is 0.138. The number of hydrogen-bond acceptors (Lipinski definition) is 14. The molecule has 5 rings (SSSR count). The second-order valence-corrected chi connectivity index (χ2v) is 17.8. The second kappa shape index (κ2) is 18.5. The maximum Gasteiger partial charge on any atom is 0.410 e. The van der Waals surface area contributed by atoms with Crippen molar-refractivity contribution in [1.29, 1.82) is 0 Å². The highest BCUT2D eigenvalue weighted by atomic mass is 19.1. The number of fused-ring (bicyclic) bond motifs is 1. The minimum Gasteiger partial charge on any atom is -0.455 e. The molecule has 2 aromatic rings. The van der Waals surface area contributed by atoms with Gasteiger partial charge in [-0.1, -0.05) is 45.0 Å². The number of ether oxygens (including phenoxy) is 5. The number of esters is 1. The first-order valence-corrected chi connectivity index (χ1v) is 21.0. The molecule has 0 radical (unpaired) electrons. The molecular formula is C43H65FN6O10. The Balaban J connectivity index is 1.45. The minimum atomic E-state index is -3.19. The molecule has 3 aliphatic rings. The van der Waals surface area contributed by atoms with Crippen molar-refractivity contribution in [2.75, 3.05) is 33.5 Å². The number of unbranched alkanes of at least 4 members (excludes halogenated alkanes) is 1. The molecule has 1 aromatic heterocycles. The van der Waals surface area contributed by atoms with Crippen molar-refractivity contribution in [3.63, 3.8) is 0 Å². The van der Waals surface area contributed by atoms with Crippen LogP contribution in [0.15, 0.2) is 30.5 Å². The average molecular weight is 845 g/mol. The first-order valence-electron chi connectivity index (χ1n) is 21.0. The number of amides is 1. The third kappa shape index (κ3) is 9.39. The minimum absolute atomic E-state index is 0.0103. The fourth-order valence-corrected chi connectivity index (χ4v) is 9.46. The number of carbonyl (C=O) groups is 4. The number of likely N-dealkylation sites (N-methyl/N-ethyl adjacent to an activating group) is 1. The summed E-state index contributed by atoms with van der Waals surface area (Å²) in [5.41, 5.74) is 1.77. The van der Waals surface area contributed by atoms with Crippen molar-refractivity contribution in [3.8, 4) is 11.3 Å². The lowest BCUT2D eigenvalue weighted by atomic mass is 9.73. The molecule has 16 nitrogen and oxygen atoms in total. The number of carbonyl (C=O) groups excluding carboxylic acids is 4. The second-order valence-electron chi connectivity index (χ2n) is 17.8. The van der Waals surface area contributed by atoms with Crippen LogP contribution in [0.4, 0.5) is 14.9 Å². The number of anilines is 1. The number of nitrogens with zero attached hydrogens (tertiary/aromatic N) is 5. The first-order chi connectivity index (χ1) is 28.1. The molecule has 3 fully saturated rings. The molecule has 0 aliphatic carbocycles. The molecule has 13 atom stereocenters. The number of aliphatic hydroxyl groups excluding tert-OH is 1. The Morgan fingerprint density at radius 3 is 2.28 bits per heavy atom. The van der Waals surface area contributed by atoms with E-state index in [0.717, 1.165) is 12.5 Å². The van der Waals surface area contributed by atoms with Crippen molar-refractivity contribution in [2.45, 2.75) is 154 Å². The predicted molar refractivity (Wildman–Crippen MR) is 219 cm³/mol. The molecule has 334 valence electrons. The topological polar surface area (TPSA) is 198 Å². The van der Waals surface area contributed by atoms with E-state index in [1.807, 2.05) is 44.2 Å². The Morgan fingerprint density at radius 2 is 1.67 bits per heavy atom. The van der Waals surface area contributed by atoms with Crippen LogP contribution < -0.4 is 5.73 Å². The number of rotatable bonds is 11. The fraction of sp³-hybridized carbons (Fsp3) is 0.721. The van der Waals surface area contributed by atoms with E-state index in [2.05, 4.69) is 10.3 Å². The third-order valence-electron chi connectivity index (χ3n) is 13.0. The summed E-state index contributed by atoms with van der Waals surface area (Å²) in [4.78, 5) is 60.1. The van der Waals surface area contributed by atoms with Crippen LogP contribution in [0.5, 0.6) is 0 Å². The summed E-state index contributed by atoms with van der Waals surface area (Å²) in [6.45, 7) is 13.2. The lowest BCUT2D eigenvalue weighted by molar-refractivity contribution is -0.295. The summed E-state index contributed by atoms with van der Waals surface area (Å²) >= 11 is 0. The summed E-state index contributed by atoms with van der Waals surface area (Å²) in [5, 5.41) is 19.9. The van der Waals surface area contributed by atoms with Crippen LogP contribution in [-0.4, -0.2) is 141 Å². The van der Waals surface area contributed by atoms with Gasteiger partial charge in [-0.15, -0.1) is 5.10 Å². The molecule has 3 N–H and O–H groups in total. The number of nitrogen functional groups attached to an aromatic ring is 1. The van der Waals surface area contributed by atoms with Gasteiger partial charge in [-0.25, -0.2) is 14.0 Å². The molecule has 3 saturated heterocycles. The number of ketones is 2. The van der Waals surface area contributed by atoms with E-state index in [9.17, 15) is 24.3 Å². The Bertz CT molecular complexity index is 1840. The van der Waals surface area contributed by atoms with Crippen molar-refractivity contribution in [1.82, 2.24) is 24.8 Å². The summed E-state index contributed by atoms with van der Waals surface area (Å²) in [7, 11) is 5.04. The predicted octanol–water partition coefficient (Wildman–Crippen LogP) is 4.60. The largest absolute Gasteiger partial charge is 0.455 e. The molecule has 0 saturated carbocycles. The smallest absolute Gasteiger partial charge is 0.410 e. The van der Waals surface area contributed by atoms with Gasteiger partial charge in [-0.3, -0.25) is 14.3 Å². The number of alkyl halides is 1. The van der Waals surface area contributed by atoms with Gasteiger partial charge in [0.2, 0.25) is 0 Å². The molecule has 4 heterocycles. The van der Waals surface area contributed by atoms with Gasteiger partial charge >= 0.3 is 12.1 Å². The molecule has 0 unspecified atom stereocenters. The molecule has 0 spiro atoms. The summed E-state index contributed by atoms with van der Waals surface area (Å²) in [6.07, 6.45) is -2.55. The van der Waals surface area contributed by atoms with Crippen molar-refractivity contribution >= 4 is 29.3 Å². The van der Waals surface area contributed by atoms with Crippen LogP contribution in [0.2, 0.25) is 0 Å². The van der Waals surface area contributed by atoms with Gasteiger partial charge < -0.3 is 44.3 Å². The number of benzene rings is 1. The standard InChI is InChI=1S/C43H65FN6O10/c1-12-32-43(8)35(50(40(55)60-43)20-14-13-19-49-23-30(46-47-49)28-15-17-29(45)18-16-28)26(4)33(51)24(2)22-41(6,56-11)37(27(5)36(53)42(7,44)39(54)58-32)59-38-34(52)31(48(9)10)21-25(3)57-38/h15-18,23-27,31-32,34-35,37-38,52H,12-14,19-22,45H2,1-11H3/t24-,25-,26+,27+,31+,32-,34-,35-,37-,38+,41-,42+,43-/m1/s1. The van der Waals surface area contributed by atoms with E-state index in [1.54, 1.807) is 51.4 Å². The molecule has 0 bridgehead atoms. The average Bonchev–Trinajstić information content (AvgIpc) is 3.78. The van der Waals surface area contributed by atoms with Crippen LogP contribution in [0.25, 0.3) is 11.3 Å². The summed E-state index contributed by atoms with van der Waals surface area (Å²) in [6, 6.07) is 6.00. The summed E-state index contributed by atoms with van der Waals surface area (Å²) < 4.78 is 49.2. The SMILES string of the molecule is CC[C@H]1OC(=O)[C@@](C)(F)C(=O)[C@H](C)[C@@H](O[C@@H]2O[C@H](C)C[C@H](N(C)C)[C@H]2O)[C@](C)(OC)C[C@@H](C)C(=O)[C@H](C)[C@H]2N(CCCCn3cc(-c4ccc(N)cc4)nn3)C(=O)O[C@]12C. The molecule has 1 amide bonds. The van der Waals surface area contributed by atoms with Gasteiger partial charge in [-0.05, 0) is 86.0 Å². The van der Waals surface area contributed by atoms with E-state index >= 15 is 4.39 Å². The number of nitrogens with two attached hydrogens (primary N) is 1. The van der Waals surface area contributed by atoms with Gasteiger partial charge in [0.25, 0.3) is 5.67 Å². The number of aliphatic hydroxyl groups is 1. The lowest BCUT2D eigenvalue weighted by Gasteiger charge is -2.47. The first kappa shape index (κ1) is 47.0. The van der Waals surface area contributed by atoms with Crippen molar-refractivity contribution in [2.24, 2.45) is 17.8 Å². The summed E-state index contributed by atoms with van der Waals surface area (Å²) in [5.74, 6) is -5.85. The highest BCUT2D eigenvalue weighted by Gasteiger charge is 2.61. The fourth-order valence-electron chi connectivity index (χ4n) is 9.46. The number of aromatic nitrogens is 3. The van der Waals surface area contributed by atoms with E-state index in [4.69, 9.17) is 29.4 Å². The number of hydrogen-bond donors (Lipinski definition) is 2. The number of Topliss-reactive ketones (excluding diaryl/α,β-unsaturated/α-hetero) is 2. The van der Waals surface area contributed by atoms with Crippen LogP contribution in [0, 0.1) is 17.8 Å². The number of aryl methyl sites for hydroxylation is 1. The van der Waals surface area contributed by atoms with Gasteiger partial charge in [0.05, 0.1) is 30.0 Å². The Morgan fingerprint density at radius 1 is 1.02 bits per heavy atom. The van der Waals surface area contributed by atoms with Crippen LogP contribution >= 0.6 is 0 Å². The Kier molecular flexibility index (Phi) is 14.5. The molecule has 1 aromatic carbocycles. The zero-order chi connectivity index (χ0) is 44.5. The van der Waals surface area contributed by atoms with Crippen molar-refractivity contribution < 1.29 is 52.4 Å². The van der Waals surface area contributed by atoms with Gasteiger partial charge in [0, 0.05) is 55.2 Å². The van der Waals surface area contributed by atoms with E-state index in [1.165, 1.54) is 18.9 Å². The van der Waals surface area contributed by atoms with Crippen LogP contribution in [0.3, 0.4) is 0 Å². The normalized spacial score (nSPS) is 37.1. The molecule has 60 heavy (non-hydrogen) atoms. The van der Waals surface area contributed by atoms with E-state index < -0.39 is 83.1 Å². The maximum atomic E-state index is 16.9. The van der Waals surface area contributed by atoms with E-state index in [-0.39, 0.29) is 37.3 Å². The highest BCUT2D eigenvalue weighted by Crippen LogP contribution is 2.44. The Hall–Kier alpha value is -4.03. The monoisotopic (exact) mass is 844 g/mol. The van der Waals surface area contributed by atoms with Gasteiger partial charge in [-0.2, -0.15) is 0 Å². The number of cyclic esters (lactones) is 1. The molecule has 17 heteroatoms. The molecular weight excluding hydrogens is 780 g/mol. The third-order valence-corrected chi connectivity index (χ3v) is 13.0. The molecule has 3 aliphatic heterocycles. The Labute approximate surface area is 352 Å². The number of methoxy groups -OCH3 is 1. The lowest BCUT2D eigenvalue weighted by Crippen LogP contribution is -2.61. The van der Waals surface area contributed by atoms with E-state index in [0.29, 0.717) is 37.2 Å². The zero-order valence-electron chi connectivity index (χ0n) is 36.9. The van der Waals surface area contributed by atoms with Crippen molar-refractivity contribution in [3.05, 3.63) is 30.5 Å².